The molecular formula is C18H26F2N2. The monoisotopic (exact) mass is 308 g/mol. The van der Waals surface area contributed by atoms with E-state index in [2.05, 4.69) is 24.2 Å². The van der Waals surface area contributed by atoms with Crippen molar-refractivity contribution in [3.8, 4) is 0 Å². The number of nitrogens with zero attached hydrogens (tertiary/aromatic N) is 1. The maximum absolute atomic E-state index is 13.4. The van der Waals surface area contributed by atoms with Crippen molar-refractivity contribution in [2.75, 3.05) is 13.1 Å². The van der Waals surface area contributed by atoms with Crippen LogP contribution in [0.1, 0.15) is 52.0 Å². The Kier molecular flexibility index (Phi) is 8.60. The second-order valence-electron chi connectivity index (χ2n) is 5.23. The van der Waals surface area contributed by atoms with Crippen LogP contribution >= 0.6 is 0 Å². The van der Waals surface area contributed by atoms with E-state index in [0.717, 1.165) is 50.6 Å². The first-order valence-electron chi connectivity index (χ1n) is 8.01. The Hall–Kier alpha value is -1.55. The van der Waals surface area contributed by atoms with Crippen LogP contribution in [0.3, 0.4) is 0 Å². The van der Waals surface area contributed by atoms with Crippen molar-refractivity contribution in [1.82, 2.24) is 5.32 Å². The van der Waals surface area contributed by atoms with Crippen LogP contribution in [-0.2, 0) is 0 Å². The summed E-state index contributed by atoms with van der Waals surface area (Å²) < 4.78 is 26.4. The second-order valence-corrected chi connectivity index (χ2v) is 5.23. The molecule has 0 spiro atoms. The lowest BCUT2D eigenvalue weighted by Gasteiger charge is -2.09. The zero-order valence-electron chi connectivity index (χ0n) is 13.8. The van der Waals surface area contributed by atoms with Crippen molar-refractivity contribution in [3.05, 3.63) is 41.5 Å². The standard InChI is InChI=1S/C18H26F2N2/c1-4-7-15(10-12-21-11-5-2)22-18(6-3)14-8-9-16(19)17(20)13-14/h6,8-9,13,21H,4-5,7,10-12H2,1-3H3/b18-6-,22-15+. The average Bonchev–Trinajstić information content (AvgIpc) is 2.51. The Morgan fingerprint density at radius 1 is 1.09 bits per heavy atom. The number of halogens is 2. The smallest absolute Gasteiger partial charge is 0.159 e. The molecule has 0 fully saturated rings. The molecule has 4 heteroatoms. The summed E-state index contributed by atoms with van der Waals surface area (Å²) in [4.78, 5) is 4.67. The van der Waals surface area contributed by atoms with Crippen LogP contribution in [0.25, 0.3) is 5.70 Å². The summed E-state index contributed by atoms with van der Waals surface area (Å²) in [7, 11) is 0. The number of allylic oxidation sites excluding steroid dienone is 1. The molecule has 1 aromatic rings. The van der Waals surface area contributed by atoms with Crippen molar-refractivity contribution in [2.24, 2.45) is 4.99 Å². The van der Waals surface area contributed by atoms with Gasteiger partial charge in [-0.1, -0.05) is 26.3 Å². The van der Waals surface area contributed by atoms with Gasteiger partial charge >= 0.3 is 0 Å². The third-order valence-electron chi connectivity index (χ3n) is 3.32. The number of aliphatic imine (C=N–C) groups is 1. The molecule has 0 saturated carbocycles. The number of hydrogen-bond acceptors (Lipinski definition) is 2. The minimum atomic E-state index is -0.839. The lowest BCUT2D eigenvalue weighted by atomic mass is 10.1. The van der Waals surface area contributed by atoms with Gasteiger partial charge in [-0.2, -0.15) is 0 Å². The molecule has 122 valence electrons. The van der Waals surface area contributed by atoms with Crippen LogP contribution < -0.4 is 5.32 Å². The summed E-state index contributed by atoms with van der Waals surface area (Å²) in [5.74, 6) is -1.67. The summed E-state index contributed by atoms with van der Waals surface area (Å²) >= 11 is 0. The molecule has 1 aromatic carbocycles. The molecule has 2 nitrogen and oxygen atoms in total. The minimum absolute atomic E-state index is 0.608. The Morgan fingerprint density at radius 3 is 2.45 bits per heavy atom. The molecule has 0 atom stereocenters. The SMILES string of the molecule is C/C=C(\N=C(/CCC)CCNCCC)c1ccc(F)c(F)c1. The van der Waals surface area contributed by atoms with Gasteiger partial charge in [0.2, 0.25) is 0 Å². The van der Waals surface area contributed by atoms with E-state index in [1.54, 1.807) is 6.07 Å². The van der Waals surface area contributed by atoms with E-state index in [0.29, 0.717) is 11.3 Å². The Balaban J connectivity index is 2.87. The van der Waals surface area contributed by atoms with Crippen molar-refractivity contribution >= 4 is 11.4 Å². The molecule has 0 radical (unpaired) electrons. The Morgan fingerprint density at radius 2 is 1.86 bits per heavy atom. The number of hydrogen-bond donors (Lipinski definition) is 1. The molecule has 0 aliphatic heterocycles. The van der Waals surface area contributed by atoms with Crippen molar-refractivity contribution in [2.45, 2.75) is 46.5 Å². The third kappa shape index (κ3) is 6.06. The van der Waals surface area contributed by atoms with E-state index in [1.165, 1.54) is 6.07 Å². The lowest BCUT2D eigenvalue weighted by molar-refractivity contribution is 0.508. The maximum atomic E-state index is 13.4. The molecule has 0 heterocycles. The van der Waals surface area contributed by atoms with Crippen LogP contribution in [0.4, 0.5) is 8.78 Å². The van der Waals surface area contributed by atoms with Crippen molar-refractivity contribution < 1.29 is 8.78 Å². The molecule has 0 unspecified atom stereocenters. The van der Waals surface area contributed by atoms with Gasteiger partial charge in [0, 0.05) is 17.8 Å². The number of nitrogens with one attached hydrogen (secondary N) is 1. The fourth-order valence-electron chi connectivity index (χ4n) is 2.18. The van der Waals surface area contributed by atoms with Gasteiger partial charge in [0.1, 0.15) is 0 Å². The largest absolute Gasteiger partial charge is 0.316 e. The van der Waals surface area contributed by atoms with Crippen LogP contribution in [0, 0.1) is 11.6 Å². The van der Waals surface area contributed by atoms with Gasteiger partial charge in [0.05, 0.1) is 5.70 Å². The first kappa shape index (κ1) is 18.5. The molecule has 1 rings (SSSR count). The highest BCUT2D eigenvalue weighted by Crippen LogP contribution is 2.20. The summed E-state index contributed by atoms with van der Waals surface area (Å²) in [6.45, 7) is 8.00. The van der Waals surface area contributed by atoms with E-state index in [-0.39, 0.29) is 0 Å². The number of benzene rings is 1. The molecule has 0 aliphatic carbocycles. The second kappa shape index (κ2) is 10.2. The highest BCUT2D eigenvalue weighted by Gasteiger charge is 2.07. The van der Waals surface area contributed by atoms with E-state index >= 15 is 0 Å². The van der Waals surface area contributed by atoms with E-state index in [1.807, 2.05) is 13.0 Å². The van der Waals surface area contributed by atoms with Crippen LogP contribution in [0.15, 0.2) is 29.3 Å². The minimum Gasteiger partial charge on any atom is -0.316 e. The van der Waals surface area contributed by atoms with E-state index in [4.69, 9.17) is 0 Å². The Bertz CT molecular complexity index is 522. The fourth-order valence-corrected chi connectivity index (χ4v) is 2.18. The molecular weight excluding hydrogens is 282 g/mol. The number of rotatable bonds is 9. The van der Waals surface area contributed by atoms with E-state index in [9.17, 15) is 8.78 Å². The normalized spacial score (nSPS) is 12.8. The quantitative estimate of drug-likeness (QED) is 0.506. The van der Waals surface area contributed by atoms with E-state index < -0.39 is 11.6 Å². The van der Waals surface area contributed by atoms with Crippen molar-refractivity contribution in [1.29, 1.82) is 0 Å². The molecule has 0 aliphatic rings. The summed E-state index contributed by atoms with van der Waals surface area (Å²) in [5.41, 5.74) is 2.39. The van der Waals surface area contributed by atoms with Gasteiger partial charge < -0.3 is 5.32 Å². The Labute approximate surface area is 132 Å². The zero-order chi connectivity index (χ0) is 16.4. The summed E-state index contributed by atoms with van der Waals surface area (Å²) in [6.07, 6.45) is 5.74. The van der Waals surface area contributed by atoms with Crippen LogP contribution in [-0.4, -0.2) is 18.8 Å². The summed E-state index contributed by atoms with van der Waals surface area (Å²) in [6, 6.07) is 3.91. The first-order valence-corrected chi connectivity index (χ1v) is 8.01. The average molecular weight is 308 g/mol. The third-order valence-corrected chi connectivity index (χ3v) is 3.32. The highest BCUT2D eigenvalue weighted by molar-refractivity contribution is 5.90. The molecule has 0 saturated heterocycles. The maximum Gasteiger partial charge on any atom is 0.159 e. The van der Waals surface area contributed by atoms with Crippen LogP contribution in [0.2, 0.25) is 0 Å². The van der Waals surface area contributed by atoms with Gasteiger partial charge in [-0.25, -0.2) is 8.78 Å². The van der Waals surface area contributed by atoms with Gasteiger partial charge in [-0.15, -0.1) is 0 Å². The molecule has 0 bridgehead atoms. The topological polar surface area (TPSA) is 24.4 Å². The molecule has 0 amide bonds. The molecule has 0 aromatic heterocycles. The first-order chi connectivity index (χ1) is 10.6. The van der Waals surface area contributed by atoms with Gasteiger partial charge in [0.25, 0.3) is 0 Å². The van der Waals surface area contributed by atoms with Gasteiger partial charge in [0.15, 0.2) is 11.6 Å². The lowest BCUT2D eigenvalue weighted by Crippen LogP contribution is -2.19. The predicted octanol–water partition coefficient (Wildman–Crippen LogP) is 4.96. The van der Waals surface area contributed by atoms with Crippen LogP contribution in [0.5, 0.6) is 0 Å². The molecule has 22 heavy (non-hydrogen) atoms. The zero-order valence-corrected chi connectivity index (χ0v) is 13.8. The highest BCUT2D eigenvalue weighted by atomic mass is 19.2. The van der Waals surface area contributed by atoms with Gasteiger partial charge in [-0.3, -0.25) is 4.99 Å². The van der Waals surface area contributed by atoms with Gasteiger partial charge in [-0.05, 0) is 50.9 Å². The predicted molar refractivity (Wildman–Crippen MR) is 90.1 cm³/mol. The fraction of sp³-hybridized carbons (Fsp3) is 0.500. The van der Waals surface area contributed by atoms with Crippen molar-refractivity contribution in [3.63, 3.8) is 0 Å². The summed E-state index contributed by atoms with van der Waals surface area (Å²) in [5, 5.41) is 3.36. The molecule has 1 N–H and O–H groups in total.